The second-order valence-electron chi connectivity index (χ2n) is 7.12. The summed E-state index contributed by atoms with van der Waals surface area (Å²) in [5.74, 6) is -0.871. The van der Waals surface area contributed by atoms with Gasteiger partial charge in [-0.2, -0.15) is 18.3 Å². The quantitative estimate of drug-likeness (QED) is 0.765. The van der Waals surface area contributed by atoms with Crippen LogP contribution in [0.5, 0.6) is 0 Å². The van der Waals surface area contributed by atoms with Gasteiger partial charge in [0.05, 0.1) is 5.92 Å². The van der Waals surface area contributed by atoms with Crippen molar-refractivity contribution >= 4 is 17.5 Å². The van der Waals surface area contributed by atoms with E-state index in [9.17, 15) is 22.8 Å². The summed E-state index contributed by atoms with van der Waals surface area (Å²) in [7, 11) is 0. The predicted molar refractivity (Wildman–Crippen MR) is 99.5 cm³/mol. The number of piperidine rings is 1. The second kappa shape index (κ2) is 8.64. The van der Waals surface area contributed by atoms with Crippen LogP contribution < -0.4 is 11.1 Å². The lowest BCUT2D eigenvalue weighted by molar-refractivity contribution is -0.141. The van der Waals surface area contributed by atoms with Gasteiger partial charge >= 0.3 is 6.18 Å². The molecule has 2 heterocycles. The van der Waals surface area contributed by atoms with Gasteiger partial charge in [0.2, 0.25) is 11.8 Å². The summed E-state index contributed by atoms with van der Waals surface area (Å²) >= 11 is 0. The van der Waals surface area contributed by atoms with E-state index in [2.05, 4.69) is 15.3 Å². The zero-order valence-electron chi connectivity index (χ0n) is 15.7. The zero-order chi connectivity index (χ0) is 21.0. The third-order valence-electron chi connectivity index (χ3n) is 4.79. The molecule has 2 aromatic rings. The Balaban J connectivity index is 1.51. The van der Waals surface area contributed by atoms with Crippen LogP contribution in [0.1, 0.15) is 24.1 Å². The first kappa shape index (κ1) is 20.8. The van der Waals surface area contributed by atoms with E-state index in [0.717, 1.165) is 41.9 Å². The highest BCUT2D eigenvalue weighted by Gasteiger charge is 2.33. The predicted octanol–water partition coefficient (Wildman–Crippen LogP) is 2.24. The van der Waals surface area contributed by atoms with E-state index >= 15 is 0 Å². The van der Waals surface area contributed by atoms with Gasteiger partial charge in [-0.25, -0.2) is 0 Å². The van der Waals surface area contributed by atoms with Gasteiger partial charge in [-0.1, -0.05) is 12.1 Å². The number of hydrogen-bond donors (Lipinski definition) is 2. The fourth-order valence-corrected chi connectivity index (χ4v) is 3.33. The van der Waals surface area contributed by atoms with E-state index < -0.39 is 17.8 Å². The van der Waals surface area contributed by atoms with E-state index in [0.29, 0.717) is 18.8 Å². The van der Waals surface area contributed by atoms with Crippen LogP contribution >= 0.6 is 0 Å². The Hall–Kier alpha value is -2.88. The number of hydrogen-bond acceptors (Lipinski definition) is 4. The number of nitrogens with zero attached hydrogens (tertiary/aromatic N) is 3. The molecule has 3 rings (SSSR count). The SMILES string of the molecule is NC(=O)C1CCCN(Cc2ccc(NC(=O)Cn3ccc(C(F)(F)F)n3)cc2)C1. The number of likely N-dealkylation sites (tertiary alicyclic amines) is 1. The summed E-state index contributed by atoms with van der Waals surface area (Å²) in [5.41, 5.74) is 5.92. The van der Waals surface area contributed by atoms with Crippen LogP contribution in [0.4, 0.5) is 18.9 Å². The maximum absolute atomic E-state index is 12.5. The van der Waals surface area contributed by atoms with Crippen molar-refractivity contribution in [2.45, 2.75) is 32.1 Å². The molecule has 1 aromatic heterocycles. The normalized spacial score (nSPS) is 17.8. The molecule has 1 unspecified atom stereocenters. The minimum atomic E-state index is -4.54. The molecule has 1 saturated heterocycles. The fraction of sp³-hybridized carbons (Fsp3) is 0.421. The molecule has 2 amide bonds. The van der Waals surface area contributed by atoms with Crippen molar-refractivity contribution in [3.8, 4) is 0 Å². The molecule has 1 aliphatic heterocycles. The van der Waals surface area contributed by atoms with Crippen molar-refractivity contribution in [1.82, 2.24) is 14.7 Å². The molecule has 1 atom stereocenters. The average Bonchev–Trinajstić information content (AvgIpc) is 3.12. The van der Waals surface area contributed by atoms with Gasteiger partial charge in [-0.05, 0) is 43.1 Å². The van der Waals surface area contributed by atoms with E-state index in [-0.39, 0.29) is 18.4 Å². The third kappa shape index (κ3) is 5.80. The lowest BCUT2D eigenvalue weighted by Gasteiger charge is -2.31. The number of halogens is 3. The Labute approximate surface area is 165 Å². The molecule has 3 N–H and O–H groups in total. The molecule has 156 valence electrons. The van der Waals surface area contributed by atoms with Gasteiger partial charge in [-0.15, -0.1) is 0 Å². The van der Waals surface area contributed by atoms with E-state index in [1.54, 1.807) is 12.1 Å². The lowest BCUT2D eigenvalue weighted by Crippen LogP contribution is -2.40. The molecule has 0 aliphatic carbocycles. The summed E-state index contributed by atoms with van der Waals surface area (Å²) in [6, 6.07) is 8.00. The molecular formula is C19H22F3N5O2. The number of alkyl halides is 3. The first-order valence-corrected chi connectivity index (χ1v) is 9.22. The number of rotatable bonds is 6. The Bertz CT molecular complexity index is 863. The average molecular weight is 409 g/mol. The van der Waals surface area contributed by atoms with Gasteiger partial charge in [0, 0.05) is 25.0 Å². The van der Waals surface area contributed by atoms with Crippen LogP contribution in [0, 0.1) is 5.92 Å². The summed E-state index contributed by atoms with van der Waals surface area (Å²) in [5, 5.41) is 5.99. The van der Waals surface area contributed by atoms with Crippen molar-refractivity contribution in [2.75, 3.05) is 18.4 Å². The molecule has 1 aromatic carbocycles. The van der Waals surface area contributed by atoms with Crippen LogP contribution in [0.2, 0.25) is 0 Å². The number of benzene rings is 1. The standard InChI is InChI=1S/C19H22F3N5O2/c20-19(21,22)16-7-9-27(25-16)12-17(28)24-15-5-3-13(4-6-15)10-26-8-1-2-14(11-26)18(23)29/h3-7,9,14H,1-2,8,10-12H2,(H2,23,29)(H,24,28). The van der Waals surface area contributed by atoms with Crippen molar-refractivity contribution in [2.24, 2.45) is 11.7 Å². The number of anilines is 1. The van der Waals surface area contributed by atoms with Gasteiger partial charge in [-0.3, -0.25) is 19.2 Å². The Morgan fingerprint density at radius 1 is 1.21 bits per heavy atom. The molecule has 0 spiro atoms. The van der Waals surface area contributed by atoms with Crippen LogP contribution in [0.3, 0.4) is 0 Å². The van der Waals surface area contributed by atoms with Crippen LogP contribution in [0.25, 0.3) is 0 Å². The topological polar surface area (TPSA) is 93.3 Å². The van der Waals surface area contributed by atoms with Crippen LogP contribution in [0.15, 0.2) is 36.5 Å². The first-order chi connectivity index (χ1) is 13.7. The molecule has 1 aliphatic rings. The lowest BCUT2D eigenvalue weighted by atomic mass is 9.97. The Kier molecular flexibility index (Phi) is 6.21. The van der Waals surface area contributed by atoms with E-state index in [1.807, 2.05) is 12.1 Å². The van der Waals surface area contributed by atoms with Gasteiger partial charge in [0.1, 0.15) is 6.54 Å². The number of aromatic nitrogens is 2. The molecule has 7 nitrogen and oxygen atoms in total. The highest BCUT2D eigenvalue weighted by molar-refractivity contribution is 5.90. The first-order valence-electron chi connectivity index (χ1n) is 9.22. The Morgan fingerprint density at radius 2 is 1.93 bits per heavy atom. The van der Waals surface area contributed by atoms with Gasteiger partial charge in [0.15, 0.2) is 5.69 Å². The summed E-state index contributed by atoms with van der Waals surface area (Å²) in [6.45, 7) is 1.88. The summed E-state index contributed by atoms with van der Waals surface area (Å²) in [6.07, 6.45) is -1.68. The van der Waals surface area contributed by atoms with Crippen molar-refractivity contribution in [3.63, 3.8) is 0 Å². The molecule has 10 heteroatoms. The maximum atomic E-state index is 12.5. The number of carbonyl (C=O) groups is 2. The fourth-order valence-electron chi connectivity index (χ4n) is 3.33. The summed E-state index contributed by atoms with van der Waals surface area (Å²) < 4.78 is 38.6. The monoisotopic (exact) mass is 409 g/mol. The van der Waals surface area contributed by atoms with E-state index in [4.69, 9.17) is 5.73 Å². The number of nitrogens with two attached hydrogens (primary N) is 1. The van der Waals surface area contributed by atoms with Crippen molar-refractivity contribution in [3.05, 3.63) is 47.8 Å². The number of carbonyl (C=O) groups excluding carboxylic acids is 2. The van der Waals surface area contributed by atoms with Gasteiger partial charge < -0.3 is 11.1 Å². The minimum absolute atomic E-state index is 0.123. The molecular weight excluding hydrogens is 387 g/mol. The minimum Gasteiger partial charge on any atom is -0.369 e. The maximum Gasteiger partial charge on any atom is 0.435 e. The number of nitrogens with one attached hydrogen (secondary N) is 1. The van der Waals surface area contributed by atoms with Crippen molar-refractivity contribution in [1.29, 1.82) is 0 Å². The van der Waals surface area contributed by atoms with E-state index in [1.165, 1.54) is 0 Å². The highest BCUT2D eigenvalue weighted by Crippen LogP contribution is 2.27. The molecule has 1 fully saturated rings. The zero-order valence-corrected chi connectivity index (χ0v) is 15.7. The van der Waals surface area contributed by atoms with Crippen LogP contribution in [-0.4, -0.2) is 39.6 Å². The highest BCUT2D eigenvalue weighted by atomic mass is 19.4. The molecule has 0 saturated carbocycles. The second-order valence-corrected chi connectivity index (χ2v) is 7.12. The number of primary amides is 1. The summed E-state index contributed by atoms with van der Waals surface area (Å²) in [4.78, 5) is 25.6. The molecule has 0 bridgehead atoms. The number of amides is 2. The van der Waals surface area contributed by atoms with Crippen LogP contribution in [-0.2, 0) is 28.9 Å². The smallest absolute Gasteiger partial charge is 0.369 e. The Morgan fingerprint density at radius 3 is 2.55 bits per heavy atom. The largest absolute Gasteiger partial charge is 0.435 e. The van der Waals surface area contributed by atoms with Crippen molar-refractivity contribution < 1.29 is 22.8 Å². The molecule has 29 heavy (non-hydrogen) atoms. The van der Waals surface area contributed by atoms with Gasteiger partial charge in [0.25, 0.3) is 0 Å². The molecule has 0 radical (unpaired) electrons. The third-order valence-corrected chi connectivity index (χ3v) is 4.79.